The molecule has 0 atom stereocenters. The minimum absolute atomic E-state index is 0.208. The molecule has 1 N–H and O–H groups in total. The zero-order chi connectivity index (χ0) is 24.9. The fourth-order valence-electron chi connectivity index (χ4n) is 3.67. The van der Waals surface area contributed by atoms with Gasteiger partial charge in [0.15, 0.2) is 11.5 Å². The van der Waals surface area contributed by atoms with Gasteiger partial charge in [-0.05, 0) is 55.3 Å². The summed E-state index contributed by atoms with van der Waals surface area (Å²) in [6, 6.07) is 18.7. The summed E-state index contributed by atoms with van der Waals surface area (Å²) < 4.78 is 11.7. The number of hydrogen-bond donors (Lipinski definition) is 1. The van der Waals surface area contributed by atoms with Crippen molar-refractivity contribution in [1.82, 2.24) is 5.32 Å². The number of para-hydroxylation sites is 1. The molecular formula is C27H23ClN2O5. The van der Waals surface area contributed by atoms with Gasteiger partial charge in [-0.2, -0.15) is 0 Å². The van der Waals surface area contributed by atoms with Gasteiger partial charge in [-0.25, -0.2) is 9.69 Å². The summed E-state index contributed by atoms with van der Waals surface area (Å²) in [7, 11) is 0. The predicted molar refractivity (Wildman–Crippen MR) is 134 cm³/mol. The van der Waals surface area contributed by atoms with Crippen molar-refractivity contribution in [3.8, 4) is 11.5 Å². The molecule has 1 saturated heterocycles. The molecule has 4 amide bonds. The quantitative estimate of drug-likeness (QED) is 0.359. The van der Waals surface area contributed by atoms with Crippen molar-refractivity contribution in [2.24, 2.45) is 0 Å². The molecule has 1 heterocycles. The zero-order valence-corrected chi connectivity index (χ0v) is 20.0. The number of carbonyl (C=O) groups is 3. The highest BCUT2D eigenvalue weighted by Gasteiger charge is 2.36. The molecule has 4 rings (SSSR count). The Labute approximate surface area is 207 Å². The number of carbonyl (C=O) groups excluding carboxylic acids is 3. The van der Waals surface area contributed by atoms with Gasteiger partial charge in [0.25, 0.3) is 11.8 Å². The molecular weight excluding hydrogens is 468 g/mol. The second-order valence-corrected chi connectivity index (χ2v) is 8.24. The number of amides is 4. The molecule has 0 aromatic heterocycles. The fourth-order valence-corrected chi connectivity index (χ4v) is 3.94. The Balaban J connectivity index is 1.66. The minimum Gasteiger partial charge on any atom is -0.490 e. The number of imide groups is 2. The number of aryl methyl sites for hydroxylation is 1. The summed E-state index contributed by atoms with van der Waals surface area (Å²) in [6.07, 6.45) is 1.37. The Morgan fingerprint density at radius 2 is 1.74 bits per heavy atom. The molecule has 0 bridgehead atoms. The molecule has 0 radical (unpaired) electrons. The number of benzene rings is 3. The normalized spacial score (nSPS) is 14.8. The van der Waals surface area contributed by atoms with Crippen LogP contribution < -0.4 is 19.7 Å². The molecule has 178 valence electrons. The highest BCUT2D eigenvalue weighted by molar-refractivity contribution is 6.39. The number of rotatable bonds is 7. The van der Waals surface area contributed by atoms with Crippen LogP contribution in [0.4, 0.5) is 10.5 Å². The lowest BCUT2D eigenvalue weighted by Crippen LogP contribution is -2.54. The number of nitrogens with one attached hydrogen (secondary N) is 1. The minimum atomic E-state index is -0.809. The second-order valence-electron chi connectivity index (χ2n) is 7.83. The van der Waals surface area contributed by atoms with E-state index in [2.05, 4.69) is 5.32 Å². The third-order valence-corrected chi connectivity index (χ3v) is 5.51. The number of hydrogen-bond acceptors (Lipinski definition) is 5. The van der Waals surface area contributed by atoms with E-state index in [1.54, 1.807) is 42.5 Å². The molecule has 1 aliphatic heterocycles. The SMILES string of the molecule is CCOc1cc(/C=C2\C(=O)NC(=O)N(c3ccccc3)C2=O)cc(Cl)c1OCc1cccc(C)c1. The van der Waals surface area contributed by atoms with Crippen molar-refractivity contribution in [2.75, 3.05) is 11.5 Å². The number of urea groups is 1. The molecule has 1 fully saturated rings. The van der Waals surface area contributed by atoms with E-state index in [0.29, 0.717) is 29.4 Å². The first-order valence-electron chi connectivity index (χ1n) is 11.0. The van der Waals surface area contributed by atoms with E-state index < -0.39 is 17.8 Å². The largest absolute Gasteiger partial charge is 0.490 e. The van der Waals surface area contributed by atoms with E-state index in [1.165, 1.54) is 6.08 Å². The second kappa shape index (κ2) is 10.4. The van der Waals surface area contributed by atoms with E-state index in [-0.39, 0.29) is 17.2 Å². The van der Waals surface area contributed by atoms with Gasteiger partial charge in [-0.1, -0.05) is 59.6 Å². The van der Waals surface area contributed by atoms with Gasteiger partial charge in [0.1, 0.15) is 12.2 Å². The summed E-state index contributed by atoms with van der Waals surface area (Å²) in [4.78, 5) is 38.9. The van der Waals surface area contributed by atoms with Crippen LogP contribution in [0.25, 0.3) is 6.08 Å². The molecule has 35 heavy (non-hydrogen) atoms. The van der Waals surface area contributed by atoms with E-state index in [0.717, 1.165) is 16.0 Å². The fraction of sp³-hybridized carbons (Fsp3) is 0.148. The molecule has 0 aliphatic carbocycles. The predicted octanol–water partition coefficient (Wildman–Crippen LogP) is 5.29. The van der Waals surface area contributed by atoms with E-state index in [4.69, 9.17) is 21.1 Å². The maximum atomic E-state index is 13.1. The third kappa shape index (κ3) is 5.36. The highest BCUT2D eigenvalue weighted by Crippen LogP contribution is 2.38. The van der Waals surface area contributed by atoms with Crippen molar-refractivity contribution < 1.29 is 23.9 Å². The number of nitrogens with zero attached hydrogens (tertiary/aromatic N) is 1. The average molecular weight is 491 g/mol. The van der Waals surface area contributed by atoms with Gasteiger partial charge >= 0.3 is 6.03 Å². The summed E-state index contributed by atoms with van der Waals surface area (Å²) in [5.41, 5.74) is 2.68. The van der Waals surface area contributed by atoms with Crippen LogP contribution in [0.2, 0.25) is 5.02 Å². The summed E-state index contributed by atoms with van der Waals surface area (Å²) in [5.74, 6) is -0.795. The van der Waals surface area contributed by atoms with Gasteiger partial charge in [0.05, 0.1) is 17.3 Å². The van der Waals surface area contributed by atoms with Crippen molar-refractivity contribution in [1.29, 1.82) is 0 Å². The zero-order valence-electron chi connectivity index (χ0n) is 19.2. The van der Waals surface area contributed by atoms with Gasteiger partial charge < -0.3 is 9.47 Å². The van der Waals surface area contributed by atoms with Crippen LogP contribution in [-0.4, -0.2) is 24.5 Å². The van der Waals surface area contributed by atoms with E-state index >= 15 is 0 Å². The van der Waals surface area contributed by atoms with Gasteiger partial charge in [-0.3, -0.25) is 14.9 Å². The molecule has 3 aromatic carbocycles. The van der Waals surface area contributed by atoms with Crippen LogP contribution in [0.15, 0.2) is 72.3 Å². The van der Waals surface area contributed by atoms with Gasteiger partial charge in [-0.15, -0.1) is 0 Å². The lowest BCUT2D eigenvalue weighted by atomic mass is 10.1. The Morgan fingerprint density at radius 3 is 2.46 bits per heavy atom. The first-order chi connectivity index (χ1) is 16.9. The van der Waals surface area contributed by atoms with Crippen molar-refractivity contribution in [3.63, 3.8) is 0 Å². The maximum absolute atomic E-state index is 13.1. The van der Waals surface area contributed by atoms with Crippen LogP contribution in [0.1, 0.15) is 23.6 Å². The monoisotopic (exact) mass is 490 g/mol. The topological polar surface area (TPSA) is 84.9 Å². The lowest BCUT2D eigenvalue weighted by molar-refractivity contribution is -0.122. The highest BCUT2D eigenvalue weighted by atomic mass is 35.5. The van der Waals surface area contributed by atoms with Gasteiger partial charge in [0, 0.05) is 0 Å². The van der Waals surface area contributed by atoms with Crippen LogP contribution in [0, 0.1) is 6.92 Å². The lowest BCUT2D eigenvalue weighted by Gasteiger charge is -2.26. The van der Waals surface area contributed by atoms with Crippen molar-refractivity contribution >= 4 is 41.2 Å². The molecule has 0 unspecified atom stereocenters. The van der Waals surface area contributed by atoms with Gasteiger partial charge in [0.2, 0.25) is 0 Å². The Hall–Kier alpha value is -4.10. The molecule has 1 aliphatic rings. The number of anilines is 1. The first-order valence-corrected chi connectivity index (χ1v) is 11.4. The van der Waals surface area contributed by atoms with Crippen LogP contribution >= 0.6 is 11.6 Å². The Bertz CT molecular complexity index is 1320. The Morgan fingerprint density at radius 1 is 0.971 bits per heavy atom. The maximum Gasteiger partial charge on any atom is 0.335 e. The molecule has 7 nitrogen and oxygen atoms in total. The van der Waals surface area contributed by atoms with E-state index in [1.807, 2.05) is 38.1 Å². The van der Waals surface area contributed by atoms with Crippen LogP contribution in [0.5, 0.6) is 11.5 Å². The number of barbiturate groups is 1. The van der Waals surface area contributed by atoms with Crippen molar-refractivity contribution in [2.45, 2.75) is 20.5 Å². The molecule has 8 heteroatoms. The standard InChI is InChI=1S/C27H23ClN2O5/c1-3-34-23-15-19(14-22(28)24(23)35-16-18-9-7-8-17(2)12-18)13-21-25(31)29-27(33)30(26(21)32)20-10-5-4-6-11-20/h4-15H,3,16H2,1-2H3,(H,29,31,33)/b21-13+. The first kappa shape index (κ1) is 24.0. The average Bonchev–Trinajstić information content (AvgIpc) is 2.82. The third-order valence-electron chi connectivity index (χ3n) is 5.22. The molecule has 3 aromatic rings. The summed E-state index contributed by atoms with van der Waals surface area (Å²) >= 11 is 6.52. The summed E-state index contributed by atoms with van der Waals surface area (Å²) in [6.45, 7) is 4.47. The van der Waals surface area contributed by atoms with Crippen LogP contribution in [-0.2, 0) is 16.2 Å². The van der Waals surface area contributed by atoms with E-state index in [9.17, 15) is 14.4 Å². The smallest absolute Gasteiger partial charge is 0.335 e. The number of ether oxygens (including phenoxy) is 2. The molecule has 0 spiro atoms. The summed E-state index contributed by atoms with van der Waals surface area (Å²) in [5, 5.41) is 2.47. The number of halogens is 1. The van der Waals surface area contributed by atoms with Crippen molar-refractivity contribution in [3.05, 3.63) is 94.0 Å². The molecule has 0 saturated carbocycles. The Kier molecular flexibility index (Phi) is 7.17. The van der Waals surface area contributed by atoms with Crippen LogP contribution in [0.3, 0.4) is 0 Å².